The molecule has 0 aromatic rings. The average molecular weight is 170 g/mol. The van der Waals surface area contributed by atoms with Crippen LogP contribution >= 0.6 is 0 Å². The van der Waals surface area contributed by atoms with Gasteiger partial charge in [0.2, 0.25) is 0 Å². The van der Waals surface area contributed by atoms with E-state index in [9.17, 15) is 4.79 Å². The van der Waals surface area contributed by atoms with Crippen LogP contribution < -0.4 is 0 Å². The van der Waals surface area contributed by atoms with Gasteiger partial charge in [-0.05, 0) is 18.8 Å². The second-order valence-corrected chi connectivity index (χ2v) is 3.62. The summed E-state index contributed by atoms with van der Waals surface area (Å²) in [5.41, 5.74) is 0. The number of carbonyl (C=O) groups excluding carboxylic acids is 1. The minimum atomic E-state index is -0.102. The predicted molar refractivity (Wildman–Crippen MR) is 48.1 cm³/mol. The van der Waals surface area contributed by atoms with Gasteiger partial charge in [0, 0.05) is 13.5 Å². The molecule has 0 bridgehead atoms. The number of hydrogen-bond acceptors (Lipinski definition) is 2. The number of Topliss-reactive ketones (excluding diaryl/α,β-unsaturated/α-hetero) is 1. The molecule has 0 spiro atoms. The highest BCUT2D eigenvalue weighted by Crippen LogP contribution is 2.26. The summed E-state index contributed by atoms with van der Waals surface area (Å²) in [4.78, 5) is 11.3. The van der Waals surface area contributed by atoms with Gasteiger partial charge in [0.1, 0.15) is 6.10 Å². The lowest BCUT2D eigenvalue weighted by atomic mass is 9.84. The van der Waals surface area contributed by atoms with Gasteiger partial charge in [-0.3, -0.25) is 4.79 Å². The maximum absolute atomic E-state index is 11.3. The van der Waals surface area contributed by atoms with Gasteiger partial charge in [-0.25, -0.2) is 0 Å². The minimum Gasteiger partial charge on any atom is -0.374 e. The SMILES string of the molecule is CCCC1CCC(=O)C(OC)C1. The molecule has 0 amide bonds. The van der Waals surface area contributed by atoms with Gasteiger partial charge in [0.25, 0.3) is 0 Å². The quantitative estimate of drug-likeness (QED) is 0.649. The molecule has 0 aliphatic heterocycles. The molecule has 12 heavy (non-hydrogen) atoms. The van der Waals surface area contributed by atoms with Gasteiger partial charge in [0.15, 0.2) is 5.78 Å². The third-order valence-electron chi connectivity index (χ3n) is 2.69. The average Bonchev–Trinajstić information content (AvgIpc) is 2.09. The van der Waals surface area contributed by atoms with Crippen LogP contribution in [-0.2, 0) is 9.53 Å². The van der Waals surface area contributed by atoms with Crippen molar-refractivity contribution in [1.29, 1.82) is 0 Å². The van der Waals surface area contributed by atoms with E-state index < -0.39 is 0 Å². The fourth-order valence-electron chi connectivity index (χ4n) is 1.96. The van der Waals surface area contributed by atoms with E-state index in [4.69, 9.17) is 4.74 Å². The lowest BCUT2D eigenvalue weighted by Gasteiger charge is -2.26. The molecule has 0 aromatic heterocycles. The lowest BCUT2D eigenvalue weighted by molar-refractivity contribution is -0.132. The summed E-state index contributed by atoms with van der Waals surface area (Å²) in [5.74, 6) is 1.02. The van der Waals surface area contributed by atoms with Crippen molar-refractivity contribution < 1.29 is 9.53 Å². The molecule has 2 atom stereocenters. The Balaban J connectivity index is 2.38. The zero-order valence-electron chi connectivity index (χ0n) is 8.01. The van der Waals surface area contributed by atoms with E-state index in [1.165, 1.54) is 12.8 Å². The summed E-state index contributed by atoms with van der Waals surface area (Å²) in [6, 6.07) is 0. The third kappa shape index (κ3) is 2.31. The van der Waals surface area contributed by atoms with Crippen molar-refractivity contribution >= 4 is 5.78 Å². The summed E-state index contributed by atoms with van der Waals surface area (Å²) in [7, 11) is 1.64. The highest BCUT2D eigenvalue weighted by atomic mass is 16.5. The number of rotatable bonds is 3. The van der Waals surface area contributed by atoms with Gasteiger partial charge >= 0.3 is 0 Å². The van der Waals surface area contributed by atoms with E-state index >= 15 is 0 Å². The maximum Gasteiger partial charge on any atom is 0.161 e. The van der Waals surface area contributed by atoms with Crippen molar-refractivity contribution in [2.45, 2.75) is 45.1 Å². The molecule has 70 valence electrons. The summed E-state index contributed by atoms with van der Waals surface area (Å²) in [6.45, 7) is 2.19. The van der Waals surface area contributed by atoms with E-state index in [2.05, 4.69) is 6.92 Å². The second-order valence-electron chi connectivity index (χ2n) is 3.62. The highest BCUT2D eigenvalue weighted by Gasteiger charge is 2.27. The van der Waals surface area contributed by atoms with Crippen LogP contribution in [-0.4, -0.2) is 19.0 Å². The Morgan fingerprint density at radius 1 is 1.58 bits per heavy atom. The van der Waals surface area contributed by atoms with Gasteiger partial charge < -0.3 is 4.74 Å². The summed E-state index contributed by atoms with van der Waals surface area (Å²) >= 11 is 0. The normalized spacial score (nSPS) is 30.7. The Bertz CT molecular complexity index is 154. The van der Waals surface area contributed by atoms with Crippen LogP contribution in [0.3, 0.4) is 0 Å². The Hall–Kier alpha value is -0.370. The predicted octanol–water partition coefficient (Wildman–Crippen LogP) is 2.17. The van der Waals surface area contributed by atoms with Gasteiger partial charge in [-0.15, -0.1) is 0 Å². The van der Waals surface area contributed by atoms with Crippen LogP contribution in [0.25, 0.3) is 0 Å². The molecule has 0 heterocycles. The Labute approximate surface area is 74.3 Å². The first-order chi connectivity index (χ1) is 5.77. The summed E-state index contributed by atoms with van der Waals surface area (Å²) in [5, 5.41) is 0. The molecule has 1 aliphatic rings. The fourth-order valence-corrected chi connectivity index (χ4v) is 1.96. The lowest BCUT2D eigenvalue weighted by Crippen LogP contribution is -2.31. The highest BCUT2D eigenvalue weighted by molar-refractivity contribution is 5.83. The van der Waals surface area contributed by atoms with Crippen molar-refractivity contribution in [1.82, 2.24) is 0 Å². The van der Waals surface area contributed by atoms with E-state index in [0.29, 0.717) is 5.78 Å². The Kier molecular flexibility index (Phi) is 3.73. The molecule has 1 saturated carbocycles. The van der Waals surface area contributed by atoms with Crippen LogP contribution in [0.5, 0.6) is 0 Å². The van der Waals surface area contributed by atoms with Crippen molar-refractivity contribution in [3.63, 3.8) is 0 Å². The monoisotopic (exact) mass is 170 g/mol. The molecule has 0 N–H and O–H groups in total. The molecule has 2 nitrogen and oxygen atoms in total. The second kappa shape index (κ2) is 4.61. The molecule has 1 aliphatic carbocycles. The zero-order chi connectivity index (χ0) is 8.97. The number of ether oxygens (including phenoxy) is 1. The van der Waals surface area contributed by atoms with E-state index in [1.807, 2.05) is 0 Å². The van der Waals surface area contributed by atoms with Gasteiger partial charge in [-0.2, -0.15) is 0 Å². The van der Waals surface area contributed by atoms with Crippen molar-refractivity contribution in [3.8, 4) is 0 Å². The first-order valence-corrected chi connectivity index (χ1v) is 4.83. The topological polar surface area (TPSA) is 26.3 Å². The van der Waals surface area contributed by atoms with Crippen LogP contribution in [0.2, 0.25) is 0 Å². The Morgan fingerprint density at radius 2 is 2.33 bits per heavy atom. The number of methoxy groups -OCH3 is 1. The third-order valence-corrected chi connectivity index (χ3v) is 2.69. The van der Waals surface area contributed by atoms with E-state index in [1.54, 1.807) is 7.11 Å². The number of hydrogen-bond donors (Lipinski definition) is 0. The number of ketones is 1. The molecule has 0 aromatic carbocycles. The van der Waals surface area contributed by atoms with Crippen LogP contribution in [0, 0.1) is 5.92 Å². The molecule has 2 heteroatoms. The first kappa shape index (κ1) is 9.72. The molecule has 0 saturated heterocycles. The molecular formula is C10H18O2. The number of carbonyl (C=O) groups is 1. The largest absolute Gasteiger partial charge is 0.374 e. The maximum atomic E-state index is 11.3. The molecule has 1 fully saturated rings. The standard InChI is InChI=1S/C10H18O2/c1-3-4-8-5-6-9(11)10(7-8)12-2/h8,10H,3-7H2,1-2H3. The van der Waals surface area contributed by atoms with Crippen molar-refractivity contribution in [3.05, 3.63) is 0 Å². The molecule has 0 radical (unpaired) electrons. The summed E-state index contributed by atoms with van der Waals surface area (Å²) < 4.78 is 5.13. The van der Waals surface area contributed by atoms with Crippen molar-refractivity contribution in [2.24, 2.45) is 5.92 Å². The van der Waals surface area contributed by atoms with Gasteiger partial charge in [-0.1, -0.05) is 19.8 Å². The zero-order valence-corrected chi connectivity index (χ0v) is 8.01. The Morgan fingerprint density at radius 3 is 2.92 bits per heavy atom. The molecule has 2 unspecified atom stereocenters. The summed E-state index contributed by atoms with van der Waals surface area (Å²) in [6.07, 6.45) is 5.11. The molecular weight excluding hydrogens is 152 g/mol. The van der Waals surface area contributed by atoms with Crippen LogP contribution in [0.1, 0.15) is 39.0 Å². The minimum absolute atomic E-state index is 0.102. The van der Waals surface area contributed by atoms with Crippen molar-refractivity contribution in [2.75, 3.05) is 7.11 Å². The smallest absolute Gasteiger partial charge is 0.161 e. The van der Waals surface area contributed by atoms with E-state index in [0.717, 1.165) is 25.2 Å². The van der Waals surface area contributed by atoms with Crippen LogP contribution in [0.15, 0.2) is 0 Å². The molecule has 1 rings (SSSR count). The fraction of sp³-hybridized carbons (Fsp3) is 0.900. The first-order valence-electron chi connectivity index (χ1n) is 4.83. The van der Waals surface area contributed by atoms with Gasteiger partial charge in [0.05, 0.1) is 0 Å². The van der Waals surface area contributed by atoms with E-state index in [-0.39, 0.29) is 6.10 Å². The van der Waals surface area contributed by atoms with Crippen LogP contribution in [0.4, 0.5) is 0 Å².